The third-order valence-corrected chi connectivity index (χ3v) is 3.32. The molecule has 0 aromatic heterocycles. The van der Waals surface area contributed by atoms with Gasteiger partial charge in [0.2, 0.25) is 15.9 Å². The fraction of sp³-hybridized carbons (Fsp3) is 0.750. The molecule has 86 valence electrons. The average molecular weight is 233 g/mol. The fourth-order valence-electron chi connectivity index (χ4n) is 0.787. The summed E-state index contributed by atoms with van der Waals surface area (Å²) >= 11 is 0. The molecule has 15 heavy (non-hydrogen) atoms. The van der Waals surface area contributed by atoms with E-state index in [1.54, 1.807) is 13.0 Å². The van der Waals surface area contributed by atoms with Gasteiger partial charge in [0.15, 0.2) is 5.25 Å². The van der Waals surface area contributed by atoms with Gasteiger partial charge < -0.3 is 5.32 Å². The van der Waals surface area contributed by atoms with E-state index < -0.39 is 15.3 Å². The van der Waals surface area contributed by atoms with Crippen LogP contribution < -0.4 is 10.0 Å². The fourth-order valence-corrected chi connectivity index (χ4v) is 1.56. The van der Waals surface area contributed by atoms with Gasteiger partial charge in [0.25, 0.3) is 0 Å². The maximum Gasteiger partial charge on any atom is 0.227 e. The summed E-state index contributed by atoms with van der Waals surface area (Å²) in [5.74, 6) is -0.218. The molecule has 0 fully saturated rings. The molecular weight excluding hydrogens is 218 g/mol. The van der Waals surface area contributed by atoms with Crippen LogP contribution in [0.3, 0.4) is 0 Å². The molecule has 0 aromatic rings. The van der Waals surface area contributed by atoms with E-state index in [4.69, 9.17) is 5.26 Å². The third kappa shape index (κ3) is 5.34. The predicted molar refractivity (Wildman–Crippen MR) is 55.3 cm³/mol. The Balaban J connectivity index is 3.98. The Labute approximate surface area is 89.7 Å². The summed E-state index contributed by atoms with van der Waals surface area (Å²) in [5.41, 5.74) is 0. The van der Waals surface area contributed by atoms with Crippen LogP contribution in [0.15, 0.2) is 0 Å². The molecule has 0 aliphatic rings. The molecule has 1 atom stereocenters. The first kappa shape index (κ1) is 13.9. The van der Waals surface area contributed by atoms with Gasteiger partial charge >= 0.3 is 0 Å². The van der Waals surface area contributed by atoms with Crippen LogP contribution in [0.5, 0.6) is 0 Å². The lowest BCUT2D eigenvalue weighted by atomic mass is 10.4. The Morgan fingerprint density at radius 1 is 1.53 bits per heavy atom. The molecule has 0 rings (SSSR count). The highest BCUT2D eigenvalue weighted by Crippen LogP contribution is 1.95. The number of hydrogen-bond acceptors (Lipinski definition) is 4. The lowest BCUT2D eigenvalue weighted by Crippen LogP contribution is -2.35. The summed E-state index contributed by atoms with van der Waals surface area (Å²) in [5, 5.41) is 9.85. The van der Waals surface area contributed by atoms with Crippen molar-refractivity contribution < 1.29 is 13.2 Å². The summed E-state index contributed by atoms with van der Waals surface area (Å²) in [4.78, 5) is 11.0. The molecule has 6 nitrogen and oxygen atoms in total. The Bertz CT molecular complexity index is 345. The number of nitriles is 1. The average Bonchev–Trinajstić information content (AvgIpc) is 2.16. The zero-order valence-corrected chi connectivity index (χ0v) is 9.60. The molecule has 0 saturated heterocycles. The van der Waals surface area contributed by atoms with Crippen molar-refractivity contribution >= 4 is 15.9 Å². The van der Waals surface area contributed by atoms with Crippen LogP contribution in [0.1, 0.15) is 20.3 Å². The zero-order chi connectivity index (χ0) is 11.9. The van der Waals surface area contributed by atoms with Gasteiger partial charge in [-0.2, -0.15) is 5.26 Å². The van der Waals surface area contributed by atoms with Crippen molar-refractivity contribution in [2.45, 2.75) is 25.5 Å². The van der Waals surface area contributed by atoms with Crippen LogP contribution in [-0.4, -0.2) is 32.7 Å². The van der Waals surface area contributed by atoms with Gasteiger partial charge in [-0.15, -0.1) is 0 Å². The van der Waals surface area contributed by atoms with Crippen molar-refractivity contribution in [2.24, 2.45) is 0 Å². The van der Waals surface area contributed by atoms with Crippen molar-refractivity contribution in [2.75, 3.05) is 13.1 Å². The smallest absolute Gasteiger partial charge is 0.227 e. The molecule has 0 aromatic carbocycles. The number of carbonyl (C=O) groups excluding carboxylic acids is 1. The van der Waals surface area contributed by atoms with E-state index in [1.165, 1.54) is 6.92 Å². The maximum atomic E-state index is 11.2. The monoisotopic (exact) mass is 233 g/mol. The van der Waals surface area contributed by atoms with Crippen molar-refractivity contribution in [3.8, 4) is 6.07 Å². The SMILES string of the molecule is CCNC(=O)CCNS(=O)(=O)C(C)C#N. The van der Waals surface area contributed by atoms with E-state index in [0.29, 0.717) is 6.54 Å². The Kier molecular flexibility index (Phi) is 5.89. The summed E-state index contributed by atoms with van der Waals surface area (Å²) in [7, 11) is -3.61. The lowest BCUT2D eigenvalue weighted by molar-refractivity contribution is -0.120. The standard InChI is InChI=1S/C8H15N3O3S/c1-3-10-8(12)4-5-11-15(13,14)7(2)6-9/h7,11H,3-5H2,1-2H3,(H,10,12). The van der Waals surface area contributed by atoms with Crippen molar-refractivity contribution in [3.63, 3.8) is 0 Å². The summed E-state index contributed by atoms with van der Waals surface area (Å²) in [6.07, 6.45) is 0.0746. The predicted octanol–water partition coefficient (Wildman–Crippen LogP) is -0.656. The zero-order valence-electron chi connectivity index (χ0n) is 8.78. The minimum absolute atomic E-state index is 0.0141. The molecule has 0 heterocycles. The summed E-state index contributed by atoms with van der Waals surface area (Å²) in [6, 6.07) is 1.62. The second kappa shape index (κ2) is 6.37. The van der Waals surface area contributed by atoms with Crippen molar-refractivity contribution in [1.82, 2.24) is 10.0 Å². The van der Waals surface area contributed by atoms with Crippen LogP contribution in [0.25, 0.3) is 0 Å². The van der Waals surface area contributed by atoms with Crippen LogP contribution in [-0.2, 0) is 14.8 Å². The third-order valence-electron chi connectivity index (χ3n) is 1.68. The second-order valence-electron chi connectivity index (χ2n) is 2.91. The van der Waals surface area contributed by atoms with Crippen LogP contribution in [0.2, 0.25) is 0 Å². The molecule has 0 spiro atoms. The second-order valence-corrected chi connectivity index (χ2v) is 5.00. The number of nitrogens with zero attached hydrogens (tertiary/aromatic N) is 1. The molecule has 1 unspecified atom stereocenters. The van der Waals surface area contributed by atoms with Crippen molar-refractivity contribution in [1.29, 1.82) is 5.26 Å². The first-order chi connectivity index (χ1) is 6.94. The minimum Gasteiger partial charge on any atom is -0.356 e. The number of rotatable bonds is 6. The van der Waals surface area contributed by atoms with Crippen LogP contribution >= 0.6 is 0 Å². The Hall–Kier alpha value is -1.13. The molecule has 1 amide bonds. The van der Waals surface area contributed by atoms with Gasteiger partial charge in [0.05, 0.1) is 6.07 Å². The Morgan fingerprint density at radius 3 is 2.60 bits per heavy atom. The van der Waals surface area contributed by atoms with Gasteiger partial charge in [-0.3, -0.25) is 4.79 Å². The van der Waals surface area contributed by atoms with Gasteiger partial charge in [-0.05, 0) is 13.8 Å². The topological polar surface area (TPSA) is 99.1 Å². The van der Waals surface area contributed by atoms with E-state index in [9.17, 15) is 13.2 Å². The van der Waals surface area contributed by atoms with Crippen LogP contribution in [0, 0.1) is 11.3 Å². The molecular formula is C8H15N3O3S. The molecule has 0 aliphatic heterocycles. The number of carbonyl (C=O) groups is 1. The summed E-state index contributed by atoms with van der Waals surface area (Å²) < 4.78 is 24.7. The molecule has 2 N–H and O–H groups in total. The molecule has 7 heteroatoms. The van der Waals surface area contributed by atoms with Gasteiger partial charge in [0.1, 0.15) is 0 Å². The number of sulfonamides is 1. The lowest BCUT2D eigenvalue weighted by Gasteiger charge is -2.07. The highest BCUT2D eigenvalue weighted by Gasteiger charge is 2.19. The van der Waals surface area contributed by atoms with E-state index >= 15 is 0 Å². The first-order valence-corrected chi connectivity index (χ1v) is 6.13. The molecule has 0 aliphatic carbocycles. The van der Waals surface area contributed by atoms with Gasteiger partial charge in [-0.25, -0.2) is 13.1 Å². The van der Waals surface area contributed by atoms with Crippen molar-refractivity contribution in [3.05, 3.63) is 0 Å². The highest BCUT2D eigenvalue weighted by atomic mass is 32.2. The Morgan fingerprint density at radius 2 is 2.13 bits per heavy atom. The van der Waals surface area contributed by atoms with E-state index in [0.717, 1.165) is 0 Å². The number of amides is 1. The number of hydrogen-bond donors (Lipinski definition) is 2. The summed E-state index contributed by atoms with van der Waals surface area (Å²) in [6.45, 7) is 3.59. The quantitative estimate of drug-likeness (QED) is 0.636. The van der Waals surface area contributed by atoms with E-state index in [2.05, 4.69) is 10.0 Å². The molecule has 0 radical (unpaired) electrons. The van der Waals surface area contributed by atoms with Gasteiger partial charge in [0, 0.05) is 19.5 Å². The molecule has 0 bridgehead atoms. The van der Waals surface area contributed by atoms with Gasteiger partial charge in [-0.1, -0.05) is 0 Å². The number of nitrogens with one attached hydrogen (secondary N) is 2. The largest absolute Gasteiger partial charge is 0.356 e. The first-order valence-electron chi connectivity index (χ1n) is 4.58. The minimum atomic E-state index is -3.61. The maximum absolute atomic E-state index is 11.2. The van der Waals surface area contributed by atoms with Crippen LogP contribution in [0.4, 0.5) is 0 Å². The normalized spacial score (nSPS) is 12.9. The highest BCUT2D eigenvalue weighted by molar-refractivity contribution is 7.90. The van der Waals surface area contributed by atoms with E-state index in [-0.39, 0.29) is 18.9 Å². The molecule has 0 saturated carbocycles. The van der Waals surface area contributed by atoms with E-state index in [1.807, 2.05) is 0 Å².